The second kappa shape index (κ2) is 8.46. The first-order valence-corrected chi connectivity index (χ1v) is 11.4. The van der Waals surface area contributed by atoms with Crippen molar-refractivity contribution in [3.05, 3.63) is 54.1 Å². The molecule has 0 aliphatic carbocycles. The van der Waals surface area contributed by atoms with Crippen molar-refractivity contribution in [2.75, 3.05) is 18.4 Å². The smallest absolute Gasteiger partial charge is 0.256 e. The zero-order valence-corrected chi connectivity index (χ0v) is 17.1. The van der Waals surface area contributed by atoms with Crippen molar-refractivity contribution in [3.63, 3.8) is 0 Å². The molecule has 7 heteroatoms. The van der Waals surface area contributed by atoms with Crippen molar-refractivity contribution in [3.8, 4) is 0 Å². The molecule has 0 bridgehead atoms. The summed E-state index contributed by atoms with van der Waals surface area (Å²) < 4.78 is 26.7. The fourth-order valence-electron chi connectivity index (χ4n) is 3.00. The Balaban J connectivity index is 1.74. The fourth-order valence-corrected chi connectivity index (χ4v) is 5.47. The maximum absolute atomic E-state index is 12.7. The second-order valence-corrected chi connectivity index (χ2v) is 10.3. The van der Waals surface area contributed by atoms with Gasteiger partial charge >= 0.3 is 0 Å². The molecule has 0 saturated carbocycles. The van der Waals surface area contributed by atoms with Gasteiger partial charge in [0.2, 0.25) is 10.0 Å². The third-order valence-corrected chi connectivity index (χ3v) is 7.30. The molecule has 0 atom stereocenters. The van der Waals surface area contributed by atoms with Crippen LogP contribution in [0.25, 0.3) is 0 Å². The molecular formula is C20H24N2O3S2. The van der Waals surface area contributed by atoms with Crippen LogP contribution >= 0.6 is 11.8 Å². The number of carbonyl (C=O) groups excluding carboxylic acids is 1. The summed E-state index contributed by atoms with van der Waals surface area (Å²) in [4.78, 5) is 13.8. The molecule has 0 radical (unpaired) electrons. The largest absolute Gasteiger partial charge is 0.322 e. The number of nitrogens with zero attached hydrogens (tertiary/aromatic N) is 1. The summed E-state index contributed by atoms with van der Waals surface area (Å²) in [6.45, 7) is 5.31. The molecule has 1 amide bonds. The molecule has 27 heavy (non-hydrogen) atoms. The Morgan fingerprint density at radius 3 is 2.30 bits per heavy atom. The van der Waals surface area contributed by atoms with E-state index in [-0.39, 0.29) is 10.8 Å². The van der Waals surface area contributed by atoms with Gasteiger partial charge < -0.3 is 5.32 Å². The molecule has 0 aromatic heterocycles. The number of hydrogen-bond donors (Lipinski definition) is 1. The summed E-state index contributed by atoms with van der Waals surface area (Å²) in [6, 6.07) is 13.9. The number of benzene rings is 2. The Kier molecular flexibility index (Phi) is 6.24. The quantitative estimate of drug-likeness (QED) is 0.732. The molecule has 0 unspecified atom stereocenters. The van der Waals surface area contributed by atoms with E-state index in [1.165, 1.54) is 4.31 Å². The van der Waals surface area contributed by atoms with Crippen molar-refractivity contribution >= 4 is 33.4 Å². The molecule has 5 nitrogen and oxygen atoms in total. The highest BCUT2D eigenvalue weighted by atomic mass is 32.2. The highest BCUT2D eigenvalue weighted by molar-refractivity contribution is 8.00. The van der Waals surface area contributed by atoms with Gasteiger partial charge in [-0.05, 0) is 49.2 Å². The van der Waals surface area contributed by atoms with Crippen LogP contribution in [0.3, 0.4) is 0 Å². The molecule has 3 rings (SSSR count). The standard InChI is InChI=1S/C20H24N2O3S2/c1-15(2)26-19-8-4-3-7-18(19)20(23)21-16-9-11-17(12-10-16)27(24,25)22-13-5-6-14-22/h3-4,7-12,15H,5-6,13-14H2,1-2H3,(H,21,23). The third kappa shape index (κ3) is 4.72. The average molecular weight is 405 g/mol. The van der Waals surface area contributed by atoms with Crippen molar-refractivity contribution < 1.29 is 13.2 Å². The molecule has 1 aliphatic rings. The van der Waals surface area contributed by atoms with Crippen molar-refractivity contribution in [1.82, 2.24) is 4.31 Å². The van der Waals surface area contributed by atoms with E-state index in [0.717, 1.165) is 17.7 Å². The van der Waals surface area contributed by atoms with Crippen LogP contribution in [0.5, 0.6) is 0 Å². The van der Waals surface area contributed by atoms with Gasteiger partial charge in [-0.1, -0.05) is 26.0 Å². The second-order valence-electron chi connectivity index (χ2n) is 6.75. The van der Waals surface area contributed by atoms with Gasteiger partial charge in [0.25, 0.3) is 5.91 Å². The Bertz CT molecular complexity index is 903. The molecule has 2 aromatic rings. The number of carbonyl (C=O) groups is 1. The van der Waals surface area contributed by atoms with Crippen LogP contribution in [0, 0.1) is 0 Å². The lowest BCUT2D eigenvalue weighted by Crippen LogP contribution is -2.27. The van der Waals surface area contributed by atoms with E-state index in [9.17, 15) is 13.2 Å². The summed E-state index contributed by atoms with van der Waals surface area (Å²) >= 11 is 1.64. The van der Waals surface area contributed by atoms with Crippen LogP contribution < -0.4 is 5.32 Å². The summed E-state index contributed by atoms with van der Waals surface area (Å²) in [7, 11) is -3.44. The molecule has 144 valence electrons. The number of amides is 1. The Hall–Kier alpha value is -1.83. The SMILES string of the molecule is CC(C)Sc1ccccc1C(=O)Nc1ccc(S(=O)(=O)N2CCCC2)cc1. The normalized spacial score (nSPS) is 15.2. The monoisotopic (exact) mass is 404 g/mol. The summed E-state index contributed by atoms with van der Waals surface area (Å²) in [5, 5.41) is 3.23. The van der Waals surface area contributed by atoms with E-state index < -0.39 is 10.0 Å². The lowest BCUT2D eigenvalue weighted by molar-refractivity contribution is 0.102. The number of sulfonamides is 1. The molecule has 1 saturated heterocycles. The summed E-state index contributed by atoms with van der Waals surface area (Å²) in [5.41, 5.74) is 1.19. The van der Waals surface area contributed by atoms with Gasteiger partial charge in [0, 0.05) is 28.9 Å². The average Bonchev–Trinajstić information content (AvgIpc) is 3.17. The predicted molar refractivity (Wildman–Crippen MR) is 110 cm³/mol. The molecule has 2 aromatic carbocycles. The zero-order valence-electron chi connectivity index (χ0n) is 15.5. The van der Waals surface area contributed by atoms with Crippen molar-refractivity contribution in [2.24, 2.45) is 0 Å². The first-order valence-electron chi connectivity index (χ1n) is 9.05. The number of hydrogen-bond acceptors (Lipinski definition) is 4. The Morgan fingerprint density at radius 1 is 1.04 bits per heavy atom. The van der Waals surface area contributed by atoms with Crippen LogP contribution in [-0.4, -0.2) is 37.0 Å². The first kappa shape index (κ1) is 19.9. The molecule has 0 spiro atoms. The lowest BCUT2D eigenvalue weighted by Gasteiger charge is -2.16. The number of nitrogens with one attached hydrogen (secondary N) is 1. The maximum Gasteiger partial charge on any atom is 0.256 e. The van der Waals surface area contributed by atoms with Gasteiger partial charge in [-0.3, -0.25) is 4.79 Å². The van der Waals surface area contributed by atoms with Crippen molar-refractivity contribution in [1.29, 1.82) is 0 Å². The fraction of sp³-hybridized carbons (Fsp3) is 0.350. The van der Waals surface area contributed by atoms with Gasteiger partial charge in [0.15, 0.2) is 0 Å². The van der Waals surface area contributed by atoms with Gasteiger partial charge in [-0.2, -0.15) is 4.31 Å². The van der Waals surface area contributed by atoms with E-state index in [1.54, 1.807) is 42.1 Å². The topological polar surface area (TPSA) is 66.5 Å². The minimum atomic E-state index is -3.44. The Morgan fingerprint density at radius 2 is 1.67 bits per heavy atom. The summed E-state index contributed by atoms with van der Waals surface area (Å²) in [5.74, 6) is -0.200. The van der Waals surface area contributed by atoms with Crippen LogP contribution in [-0.2, 0) is 10.0 Å². The first-order chi connectivity index (χ1) is 12.9. The number of anilines is 1. The number of rotatable bonds is 6. The molecule has 1 fully saturated rings. The van der Waals surface area contributed by atoms with E-state index >= 15 is 0 Å². The molecular weight excluding hydrogens is 380 g/mol. The highest BCUT2D eigenvalue weighted by Crippen LogP contribution is 2.27. The van der Waals surface area contributed by atoms with Gasteiger partial charge in [0.1, 0.15) is 0 Å². The molecule has 1 N–H and O–H groups in total. The Labute approximate surface area is 165 Å². The van der Waals surface area contributed by atoms with E-state index in [1.807, 2.05) is 18.2 Å². The lowest BCUT2D eigenvalue weighted by atomic mass is 10.2. The minimum Gasteiger partial charge on any atom is -0.322 e. The van der Waals surface area contributed by atoms with E-state index in [0.29, 0.717) is 29.6 Å². The molecule has 1 heterocycles. The predicted octanol–water partition coefficient (Wildman–Crippen LogP) is 4.22. The molecule has 1 aliphatic heterocycles. The van der Waals surface area contributed by atoms with E-state index in [4.69, 9.17) is 0 Å². The zero-order chi connectivity index (χ0) is 19.4. The summed E-state index contributed by atoms with van der Waals surface area (Å²) in [6.07, 6.45) is 1.81. The van der Waals surface area contributed by atoms with Gasteiger partial charge in [0.05, 0.1) is 10.5 Å². The van der Waals surface area contributed by atoms with Crippen molar-refractivity contribution in [2.45, 2.75) is 41.7 Å². The van der Waals surface area contributed by atoms with Crippen LogP contribution in [0.4, 0.5) is 5.69 Å². The van der Waals surface area contributed by atoms with Gasteiger partial charge in [-0.15, -0.1) is 11.8 Å². The van der Waals surface area contributed by atoms with Crippen LogP contribution in [0.15, 0.2) is 58.3 Å². The third-order valence-electron chi connectivity index (χ3n) is 4.31. The minimum absolute atomic E-state index is 0.200. The maximum atomic E-state index is 12.7. The van der Waals surface area contributed by atoms with Crippen LogP contribution in [0.2, 0.25) is 0 Å². The number of thioether (sulfide) groups is 1. The van der Waals surface area contributed by atoms with Crippen LogP contribution in [0.1, 0.15) is 37.0 Å². The van der Waals surface area contributed by atoms with Gasteiger partial charge in [-0.25, -0.2) is 8.42 Å². The van der Waals surface area contributed by atoms with E-state index in [2.05, 4.69) is 19.2 Å². The highest BCUT2D eigenvalue weighted by Gasteiger charge is 2.27.